The second-order valence-corrected chi connectivity index (χ2v) is 8.02. The Morgan fingerprint density at radius 1 is 1.10 bits per heavy atom. The van der Waals surface area contributed by atoms with Crippen molar-refractivity contribution >= 4 is 12.0 Å². The number of rotatable bonds is 4. The van der Waals surface area contributed by atoms with Gasteiger partial charge in [0, 0.05) is 5.41 Å². The van der Waals surface area contributed by atoms with Crippen molar-refractivity contribution in [1.29, 1.82) is 0 Å². The van der Waals surface area contributed by atoms with Crippen LogP contribution in [0.1, 0.15) is 47.3 Å². The van der Waals surface area contributed by atoms with Crippen LogP contribution in [-0.4, -0.2) is 22.3 Å². The summed E-state index contributed by atoms with van der Waals surface area (Å²) in [7, 11) is 0. The molecule has 0 saturated heterocycles. The summed E-state index contributed by atoms with van der Waals surface area (Å²) in [5.41, 5.74) is 6.88. The largest absolute Gasteiger partial charge is 0.478 e. The molecule has 4 rings (SSSR count). The molecule has 2 unspecified atom stereocenters. The highest BCUT2D eigenvalue weighted by Crippen LogP contribution is 2.54. The molecule has 2 aliphatic carbocycles. The Balaban J connectivity index is 1.78. The molecule has 3 heteroatoms. The molecule has 3 nitrogen and oxygen atoms in total. The first kappa shape index (κ1) is 19.4. The molecule has 0 aromatic heterocycles. The molecule has 0 spiro atoms. The lowest BCUT2D eigenvalue weighted by Gasteiger charge is -2.35. The molecule has 1 fully saturated rings. The van der Waals surface area contributed by atoms with E-state index in [0.29, 0.717) is 6.42 Å². The third-order valence-corrected chi connectivity index (χ3v) is 6.48. The molecule has 0 aliphatic heterocycles. The number of carboxylic acid groups (broad SMARTS) is 1. The highest BCUT2D eigenvalue weighted by atomic mass is 16.4. The lowest BCUT2D eigenvalue weighted by atomic mass is 9.71. The van der Waals surface area contributed by atoms with Crippen molar-refractivity contribution in [3.8, 4) is 0 Å². The summed E-state index contributed by atoms with van der Waals surface area (Å²) in [6, 6.07) is 15.5. The van der Waals surface area contributed by atoms with E-state index >= 15 is 0 Å². The number of aliphatic hydroxyl groups excluding tert-OH is 1. The Labute approximate surface area is 171 Å². The predicted octanol–water partition coefficient (Wildman–Crippen LogP) is 5.21. The lowest BCUT2D eigenvalue weighted by Crippen LogP contribution is -2.35. The Hall–Kier alpha value is -2.91. The lowest BCUT2D eigenvalue weighted by molar-refractivity contribution is 0.0696. The molecule has 0 radical (unpaired) electrons. The van der Waals surface area contributed by atoms with E-state index < -0.39 is 17.5 Å². The summed E-state index contributed by atoms with van der Waals surface area (Å²) in [4.78, 5) is 11.2. The Morgan fingerprint density at radius 2 is 1.83 bits per heavy atom. The zero-order chi connectivity index (χ0) is 20.6. The Bertz CT molecular complexity index is 1040. The quantitative estimate of drug-likeness (QED) is 0.758. The topological polar surface area (TPSA) is 57.5 Å². The minimum absolute atomic E-state index is 0.283. The van der Waals surface area contributed by atoms with Crippen LogP contribution in [0.5, 0.6) is 0 Å². The molecule has 2 aliphatic rings. The summed E-state index contributed by atoms with van der Waals surface area (Å²) < 4.78 is 0. The van der Waals surface area contributed by atoms with E-state index in [9.17, 15) is 15.0 Å². The minimum atomic E-state index is -0.923. The van der Waals surface area contributed by atoms with Crippen molar-refractivity contribution in [3.05, 3.63) is 99.7 Å². The number of hydrogen-bond acceptors (Lipinski definition) is 2. The summed E-state index contributed by atoms with van der Waals surface area (Å²) in [6.07, 6.45) is 8.09. The van der Waals surface area contributed by atoms with E-state index in [1.807, 2.05) is 32.1 Å². The molecule has 1 saturated carbocycles. The van der Waals surface area contributed by atoms with Gasteiger partial charge in [0.1, 0.15) is 0 Å². The first-order chi connectivity index (χ1) is 14.0. The van der Waals surface area contributed by atoms with Crippen molar-refractivity contribution in [2.75, 3.05) is 0 Å². The fourth-order valence-electron chi connectivity index (χ4n) is 4.91. The van der Waals surface area contributed by atoms with Gasteiger partial charge in [-0.3, -0.25) is 0 Å². The van der Waals surface area contributed by atoms with Gasteiger partial charge in [-0.2, -0.15) is 0 Å². The monoisotopic (exact) mass is 386 g/mol. The standard InChI is InChI=1S/C26H26O3/c1-3-18-16-26(24(27)23(18)4-2,15-17-9-11-19(12-10-17)25(28)29)22-13-20-7-5-6-8-21(20)14-22/h3-13,24,27H,14-16H2,1-2H3,(H,28,29). The van der Waals surface area contributed by atoms with Crippen LogP contribution in [0.4, 0.5) is 0 Å². The number of hydrogen-bond donors (Lipinski definition) is 2. The second-order valence-electron chi connectivity index (χ2n) is 8.02. The highest BCUT2D eigenvalue weighted by molar-refractivity contribution is 5.87. The number of fused-ring (bicyclic) bond motifs is 1. The molecule has 2 aromatic rings. The third-order valence-electron chi connectivity index (χ3n) is 6.48. The van der Waals surface area contributed by atoms with E-state index in [0.717, 1.165) is 24.0 Å². The van der Waals surface area contributed by atoms with Crippen LogP contribution in [0, 0.1) is 5.41 Å². The Morgan fingerprint density at radius 3 is 2.41 bits per heavy atom. The van der Waals surface area contributed by atoms with Crippen molar-refractivity contribution in [1.82, 2.24) is 0 Å². The molecule has 0 heterocycles. The number of carboxylic acids is 1. The number of benzene rings is 2. The van der Waals surface area contributed by atoms with E-state index in [2.05, 4.69) is 36.4 Å². The van der Waals surface area contributed by atoms with Crippen LogP contribution in [0.3, 0.4) is 0 Å². The Kier molecular flexibility index (Phi) is 5.01. The van der Waals surface area contributed by atoms with E-state index in [4.69, 9.17) is 0 Å². The number of carbonyl (C=O) groups is 1. The summed E-state index contributed by atoms with van der Waals surface area (Å²) in [6.45, 7) is 4.01. The molecule has 148 valence electrons. The average molecular weight is 386 g/mol. The molecular formula is C26H26O3. The summed E-state index contributed by atoms with van der Waals surface area (Å²) in [5.74, 6) is -0.923. The van der Waals surface area contributed by atoms with E-state index in [1.165, 1.54) is 22.3 Å². The van der Waals surface area contributed by atoms with Gasteiger partial charge in [0.25, 0.3) is 0 Å². The third kappa shape index (κ3) is 3.26. The van der Waals surface area contributed by atoms with Gasteiger partial charge < -0.3 is 10.2 Å². The van der Waals surface area contributed by atoms with E-state index in [1.54, 1.807) is 12.1 Å². The normalized spacial score (nSPS) is 26.0. The van der Waals surface area contributed by atoms with Gasteiger partial charge in [-0.15, -0.1) is 0 Å². The number of aliphatic hydroxyl groups is 1. The molecule has 2 N–H and O–H groups in total. The number of allylic oxidation sites excluding steroid dienone is 2. The van der Waals surface area contributed by atoms with Crippen LogP contribution in [0.25, 0.3) is 6.08 Å². The molecule has 2 aromatic carbocycles. The van der Waals surface area contributed by atoms with Crippen molar-refractivity contribution in [2.45, 2.75) is 39.2 Å². The molecule has 29 heavy (non-hydrogen) atoms. The molecule has 0 amide bonds. The van der Waals surface area contributed by atoms with Gasteiger partial charge in [-0.1, -0.05) is 60.2 Å². The SMILES string of the molecule is CC=C1CC(Cc2ccc(C(=O)O)cc2)(C2=Cc3ccccc3C2)C(O)C1=CC. The fraction of sp³-hybridized carbons (Fsp3) is 0.269. The zero-order valence-electron chi connectivity index (χ0n) is 16.9. The molecular weight excluding hydrogens is 360 g/mol. The number of aromatic carboxylic acids is 1. The van der Waals surface area contributed by atoms with Gasteiger partial charge in [0.05, 0.1) is 11.7 Å². The van der Waals surface area contributed by atoms with Crippen LogP contribution in [-0.2, 0) is 12.8 Å². The average Bonchev–Trinajstić information content (AvgIpc) is 3.28. The maximum Gasteiger partial charge on any atom is 0.335 e. The van der Waals surface area contributed by atoms with Gasteiger partial charge in [-0.25, -0.2) is 4.79 Å². The maximum atomic E-state index is 11.5. The first-order valence-electron chi connectivity index (χ1n) is 10.1. The van der Waals surface area contributed by atoms with Crippen LogP contribution < -0.4 is 0 Å². The van der Waals surface area contributed by atoms with Crippen molar-refractivity contribution < 1.29 is 15.0 Å². The van der Waals surface area contributed by atoms with E-state index in [-0.39, 0.29) is 5.56 Å². The minimum Gasteiger partial charge on any atom is -0.478 e. The van der Waals surface area contributed by atoms with Gasteiger partial charge >= 0.3 is 5.97 Å². The van der Waals surface area contributed by atoms with Gasteiger partial charge in [0.2, 0.25) is 0 Å². The van der Waals surface area contributed by atoms with Crippen LogP contribution in [0.15, 0.2) is 77.4 Å². The van der Waals surface area contributed by atoms with Crippen LogP contribution >= 0.6 is 0 Å². The summed E-state index contributed by atoms with van der Waals surface area (Å²) >= 11 is 0. The van der Waals surface area contributed by atoms with Gasteiger partial charge in [-0.05, 0) is 73.1 Å². The molecule has 2 atom stereocenters. The summed E-state index contributed by atoms with van der Waals surface area (Å²) in [5, 5.41) is 20.7. The maximum absolute atomic E-state index is 11.5. The predicted molar refractivity (Wildman–Crippen MR) is 116 cm³/mol. The zero-order valence-corrected chi connectivity index (χ0v) is 16.9. The van der Waals surface area contributed by atoms with Gasteiger partial charge in [0.15, 0.2) is 0 Å². The highest BCUT2D eigenvalue weighted by Gasteiger charge is 2.49. The molecule has 0 bridgehead atoms. The first-order valence-corrected chi connectivity index (χ1v) is 10.1. The second kappa shape index (κ2) is 7.49. The van der Waals surface area contributed by atoms with Crippen molar-refractivity contribution in [3.63, 3.8) is 0 Å². The van der Waals surface area contributed by atoms with Crippen LogP contribution in [0.2, 0.25) is 0 Å². The fourth-order valence-corrected chi connectivity index (χ4v) is 4.91. The smallest absolute Gasteiger partial charge is 0.335 e. The van der Waals surface area contributed by atoms with Crippen molar-refractivity contribution in [2.24, 2.45) is 5.41 Å².